The van der Waals surface area contributed by atoms with E-state index in [1.807, 2.05) is 13.0 Å². The quantitative estimate of drug-likeness (QED) is 0.572. The minimum absolute atomic E-state index is 0.0142. The molecule has 0 aromatic heterocycles. The van der Waals surface area contributed by atoms with Gasteiger partial charge in [0, 0.05) is 0 Å². The van der Waals surface area contributed by atoms with Crippen LogP contribution in [-0.2, 0) is 19.1 Å². The van der Waals surface area contributed by atoms with Crippen molar-refractivity contribution in [1.29, 1.82) is 5.26 Å². The third kappa shape index (κ3) is 4.06. The van der Waals surface area contributed by atoms with Crippen molar-refractivity contribution in [2.24, 2.45) is 5.92 Å². The molecule has 1 heterocycles. The second-order valence-corrected chi connectivity index (χ2v) is 7.31. The lowest BCUT2D eigenvalue weighted by Gasteiger charge is -2.36. The lowest BCUT2D eigenvalue weighted by molar-refractivity contribution is -0.150. The van der Waals surface area contributed by atoms with Gasteiger partial charge in [-0.3, -0.25) is 19.3 Å². The van der Waals surface area contributed by atoms with Crippen LogP contribution in [0, 0.1) is 17.2 Å². The number of para-hydroxylation sites is 1. The molecule has 1 aliphatic carbocycles. The molecule has 2 N–H and O–H groups in total. The van der Waals surface area contributed by atoms with Crippen LogP contribution >= 0.6 is 0 Å². The molecular formula is C20H22N4O5. The number of esters is 1. The van der Waals surface area contributed by atoms with Gasteiger partial charge in [-0.2, -0.15) is 5.26 Å². The SMILES string of the molecule is C[C@H]1CCCC[C@@]12NC(=O)N(CC(=O)OCC(=O)Nc1ccccc1C#N)C2=O. The van der Waals surface area contributed by atoms with E-state index in [4.69, 9.17) is 10.00 Å². The van der Waals surface area contributed by atoms with Crippen molar-refractivity contribution in [2.45, 2.75) is 38.1 Å². The van der Waals surface area contributed by atoms with Gasteiger partial charge in [0.25, 0.3) is 11.8 Å². The number of hydrogen-bond acceptors (Lipinski definition) is 6. The number of carbonyl (C=O) groups is 4. The topological polar surface area (TPSA) is 129 Å². The third-order valence-corrected chi connectivity index (χ3v) is 5.47. The van der Waals surface area contributed by atoms with E-state index in [0.717, 1.165) is 24.2 Å². The Morgan fingerprint density at radius 2 is 2.10 bits per heavy atom. The number of urea groups is 1. The summed E-state index contributed by atoms with van der Waals surface area (Å²) in [7, 11) is 0. The number of ether oxygens (including phenoxy) is 1. The first-order chi connectivity index (χ1) is 13.9. The normalized spacial score (nSPS) is 23.4. The van der Waals surface area contributed by atoms with Crippen molar-refractivity contribution in [3.8, 4) is 6.07 Å². The molecule has 1 spiro atoms. The number of nitrogens with zero attached hydrogens (tertiary/aromatic N) is 2. The van der Waals surface area contributed by atoms with Gasteiger partial charge in [-0.25, -0.2) is 4.79 Å². The van der Waals surface area contributed by atoms with Crippen LogP contribution in [0.4, 0.5) is 10.5 Å². The van der Waals surface area contributed by atoms with Gasteiger partial charge in [-0.1, -0.05) is 31.9 Å². The predicted molar refractivity (Wildman–Crippen MR) is 101 cm³/mol. The van der Waals surface area contributed by atoms with Crippen LogP contribution in [-0.4, -0.2) is 47.4 Å². The highest BCUT2D eigenvalue weighted by atomic mass is 16.5. The van der Waals surface area contributed by atoms with E-state index >= 15 is 0 Å². The van der Waals surface area contributed by atoms with Crippen LogP contribution in [0.2, 0.25) is 0 Å². The van der Waals surface area contributed by atoms with Gasteiger partial charge in [0.05, 0.1) is 11.3 Å². The molecule has 1 aromatic carbocycles. The number of carbonyl (C=O) groups excluding carboxylic acids is 4. The number of anilines is 1. The third-order valence-electron chi connectivity index (χ3n) is 5.47. The average Bonchev–Trinajstić information content (AvgIpc) is 2.94. The molecule has 1 aliphatic heterocycles. The molecule has 2 atom stereocenters. The van der Waals surface area contributed by atoms with Crippen molar-refractivity contribution in [3.05, 3.63) is 29.8 Å². The standard InChI is InChI=1S/C20H22N4O5/c1-13-6-4-5-9-20(13)18(27)24(19(28)23-20)11-17(26)29-12-16(25)22-15-8-3-2-7-14(15)10-21/h2-3,7-8,13H,4-6,9,11-12H2,1H3,(H,22,25)(H,23,28)/t13-,20+/m0/s1. The van der Waals surface area contributed by atoms with Gasteiger partial charge < -0.3 is 15.4 Å². The zero-order valence-electron chi connectivity index (χ0n) is 16.1. The Labute approximate surface area is 168 Å². The Morgan fingerprint density at radius 3 is 2.83 bits per heavy atom. The van der Waals surface area contributed by atoms with E-state index in [9.17, 15) is 19.2 Å². The van der Waals surface area contributed by atoms with Crippen LogP contribution < -0.4 is 10.6 Å². The molecule has 152 valence electrons. The highest BCUT2D eigenvalue weighted by Gasteiger charge is 2.55. The second kappa shape index (κ2) is 8.31. The predicted octanol–water partition coefficient (Wildman–Crippen LogP) is 1.54. The summed E-state index contributed by atoms with van der Waals surface area (Å²) in [4.78, 5) is 50.0. The molecule has 29 heavy (non-hydrogen) atoms. The molecule has 9 nitrogen and oxygen atoms in total. The Balaban J connectivity index is 1.54. The lowest BCUT2D eigenvalue weighted by Crippen LogP contribution is -2.54. The monoisotopic (exact) mass is 398 g/mol. The van der Waals surface area contributed by atoms with Gasteiger partial charge in [-0.05, 0) is 30.9 Å². The highest BCUT2D eigenvalue weighted by molar-refractivity contribution is 6.09. The lowest BCUT2D eigenvalue weighted by atomic mass is 9.73. The van der Waals surface area contributed by atoms with Gasteiger partial charge in [0.15, 0.2) is 6.61 Å². The van der Waals surface area contributed by atoms with Gasteiger partial charge in [-0.15, -0.1) is 0 Å². The summed E-state index contributed by atoms with van der Waals surface area (Å²) in [5, 5.41) is 14.3. The first-order valence-corrected chi connectivity index (χ1v) is 9.46. The molecule has 3 rings (SSSR count). The minimum atomic E-state index is -0.950. The number of imide groups is 1. The summed E-state index contributed by atoms with van der Waals surface area (Å²) < 4.78 is 4.90. The summed E-state index contributed by atoms with van der Waals surface area (Å²) >= 11 is 0. The highest BCUT2D eigenvalue weighted by Crippen LogP contribution is 2.38. The maximum atomic E-state index is 12.8. The molecule has 0 unspecified atom stereocenters. The molecule has 2 fully saturated rings. The van der Waals surface area contributed by atoms with E-state index in [1.165, 1.54) is 0 Å². The van der Waals surface area contributed by atoms with Crippen molar-refractivity contribution in [2.75, 3.05) is 18.5 Å². The molecule has 2 aliphatic rings. The molecule has 4 amide bonds. The molecule has 0 bridgehead atoms. The van der Waals surface area contributed by atoms with E-state index in [0.29, 0.717) is 12.1 Å². The fraction of sp³-hybridized carbons (Fsp3) is 0.450. The van der Waals surface area contributed by atoms with E-state index < -0.39 is 42.5 Å². The van der Waals surface area contributed by atoms with Crippen molar-refractivity contribution < 1.29 is 23.9 Å². The molecule has 1 aromatic rings. The van der Waals surface area contributed by atoms with Crippen molar-refractivity contribution in [3.63, 3.8) is 0 Å². The Morgan fingerprint density at radius 1 is 1.34 bits per heavy atom. The summed E-state index contributed by atoms with van der Waals surface area (Å²) in [5.74, 6) is -1.92. The number of amides is 4. The van der Waals surface area contributed by atoms with Crippen LogP contribution in [0.3, 0.4) is 0 Å². The van der Waals surface area contributed by atoms with Crippen LogP contribution in [0.15, 0.2) is 24.3 Å². The molecule has 0 radical (unpaired) electrons. The van der Waals surface area contributed by atoms with E-state index in [1.54, 1.807) is 24.3 Å². The maximum absolute atomic E-state index is 12.8. The molecule has 1 saturated carbocycles. The maximum Gasteiger partial charge on any atom is 0.326 e. The summed E-state index contributed by atoms with van der Waals surface area (Å²) in [6.45, 7) is 0.771. The smallest absolute Gasteiger partial charge is 0.326 e. The Hall–Kier alpha value is -3.41. The summed E-state index contributed by atoms with van der Waals surface area (Å²) in [6, 6.07) is 7.74. The van der Waals surface area contributed by atoms with Crippen LogP contribution in [0.5, 0.6) is 0 Å². The number of hydrogen-bond donors (Lipinski definition) is 2. The Kier molecular flexibility index (Phi) is 5.82. The fourth-order valence-corrected chi connectivity index (χ4v) is 3.84. The molecule has 9 heteroatoms. The van der Waals surface area contributed by atoms with Gasteiger partial charge in [0.2, 0.25) is 0 Å². The zero-order chi connectivity index (χ0) is 21.0. The zero-order valence-corrected chi connectivity index (χ0v) is 16.1. The van der Waals surface area contributed by atoms with Gasteiger partial charge >= 0.3 is 12.0 Å². The van der Waals surface area contributed by atoms with Crippen LogP contribution in [0.1, 0.15) is 38.2 Å². The summed E-state index contributed by atoms with van der Waals surface area (Å²) in [5.41, 5.74) is -0.370. The summed E-state index contributed by atoms with van der Waals surface area (Å²) in [6.07, 6.45) is 3.21. The second-order valence-electron chi connectivity index (χ2n) is 7.31. The van der Waals surface area contributed by atoms with Crippen molar-refractivity contribution in [1.82, 2.24) is 10.2 Å². The fourth-order valence-electron chi connectivity index (χ4n) is 3.84. The van der Waals surface area contributed by atoms with Crippen molar-refractivity contribution >= 4 is 29.5 Å². The van der Waals surface area contributed by atoms with Crippen LogP contribution in [0.25, 0.3) is 0 Å². The van der Waals surface area contributed by atoms with Gasteiger partial charge in [0.1, 0.15) is 18.2 Å². The van der Waals surface area contributed by atoms with E-state index in [2.05, 4.69) is 10.6 Å². The number of nitrogens with one attached hydrogen (secondary N) is 2. The largest absolute Gasteiger partial charge is 0.454 e. The Bertz CT molecular complexity index is 893. The number of benzene rings is 1. The first kappa shape index (κ1) is 20.3. The molecule has 1 saturated heterocycles. The first-order valence-electron chi connectivity index (χ1n) is 9.46. The minimum Gasteiger partial charge on any atom is -0.454 e. The number of nitriles is 1. The number of rotatable bonds is 5. The van der Waals surface area contributed by atoms with E-state index in [-0.39, 0.29) is 11.5 Å². The average molecular weight is 398 g/mol. The molecular weight excluding hydrogens is 376 g/mol.